The van der Waals surface area contributed by atoms with Gasteiger partial charge in [-0.15, -0.1) is 11.3 Å². The number of hydrogen-bond acceptors (Lipinski definition) is 3. The van der Waals surface area contributed by atoms with Gasteiger partial charge in [0.05, 0.1) is 22.7 Å². The highest BCUT2D eigenvalue weighted by atomic mass is 32.1. The molecule has 3 aromatic rings. The van der Waals surface area contributed by atoms with Crippen molar-refractivity contribution in [1.29, 1.82) is 0 Å². The minimum atomic E-state index is -0.318. The maximum Gasteiger partial charge on any atom is 0.227 e. The van der Waals surface area contributed by atoms with Crippen molar-refractivity contribution < 1.29 is 9.18 Å². The molecule has 1 saturated heterocycles. The zero-order valence-corrected chi connectivity index (χ0v) is 13.9. The first-order valence-electron chi connectivity index (χ1n) is 8.11. The third-order valence-electron chi connectivity index (χ3n) is 4.47. The molecule has 0 aliphatic carbocycles. The van der Waals surface area contributed by atoms with Crippen molar-refractivity contribution >= 4 is 27.5 Å². The molecule has 122 valence electrons. The lowest BCUT2D eigenvalue weighted by molar-refractivity contribution is -0.131. The molecule has 1 amide bonds. The first kappa shape index (κ1) is 15.3. The van der Waals surface area contributed by atoms with Gasteiger partial charge in [0.1, 0.15) is 10.8 Å². The molecule has 2 aromatic carbocycles. The van der Waals surface area contributed by atoms with Gasteiger partial charge in [-0.25, -0.2) is 9.37 Å². The van der Waals surface area contributed by atoms with Gasteiger partial charge in [-0.05, 0) is 36.6 Å². The molecule has 0 bridgehead atoms. The molecule has 3 nitrogen and oxygen atoms in total. The fourth-order valence-electron chi connectivity index (χ4n) is 3.26. The van der Waals surface area contributed by atoms with E-state index in [2.05, 4.69) is 6.07 Å². The first-order valence-corrected chi connectivity index (χ1v) is 8.92. The van der Waals surface area contributed by atoms with E-state index < -0.39 is 0 Å². The number of aromatic nitrogens is 1. The van der Waals surface area contributed by atoms with Crippen LogP contribution in [-0.2, 0) is 11.2 Å². The number of para-hydroxylation sites is 1. The number of hydrogen-bond donors (Lipinski definition) is 0. The lowest BCUT2D eigenvalue weighted by atomic mass is 10.1. The van der Waals surface area contributed by atoms with Gasteiger partial charge in [-0.1, -0.05) is 30.3 Å². The summed E-state index contributed by atoms with van der Waals surface area (Å²) in [6.07, 6.45) is 1.99. The van der Waals surface area contributed by atoms with Crippen LogP contribution in [0.25, 0.3) is 10.2 Å². The zero-order chi connectivity index (χ0) is 16.5. The van der Waals surface area contributed by atoms with Gasteiger partial charge in [0, 0.05) is 6.54 Å². The van der Waals surface area contributed by atoms with Crippen LogP contribution in [0, 0.1) is 5.82 Å². The first-order chi connectivity index (χ1) is 11.7. The van der Waals surface area contributed by atoms with Crippen LogP contribution in [0.2, 0.25) is 0 Å². The number of fused-ring (bicyclic) bond motifs is 1. The number of nitrogens with zero attached hydrogens (tertiary/aromatic N) is 2. The van der Waals surface area contributed by atoms with E-state index in [1.807, 2.05) is 23.1 Å². The fourth-order valence-corrected chi connectivity index (χ4v) is 4.38. The van der Waals surface area contributed by atoms with E-state index in [-0.39, 0.29) is 24.2 Å². The molecule has 0 spiro atoms. The molecule has 5 heteroatoms. The third kappa shape index (κ3) is 2.80. The van der Waals surface area contributed by atoms with Crippen LogP contribution in [0.1, 0.15) is 29.5 Å². The van der Waals surface area contributed by atoms with Gasteiger partial charge in [-0.3, -0.25) is 4.79 Å². The van der Waals surface area contributed by atoms with E-state index in [0.717, 1.165) is 28.1 Å². The maximum atomic E-state index is 13.8. The second-order valence-corrected chi connectivity index (χ2v) is 7.10. The molecule has 1 fully saturated rings. The van der Waals surface area contributed by atoms with Crippen LogP contribution in [0.4, 0.5) is 4.39 Å². The Labute approximate surface area is 143 Å². The average Bonchev–Trinajstić information content (AvgIpc) is 3.23. The largest absolute Gasteiger partial charge is 0.333 e. The van der Waals surface area contributed by atoms with Gasteiger partial charge in [-0.2, -0.15) is 0 Å². The fraction of sp³-hybridized carbons (Fsp3) is 0.263. The highest BCUT2D eigenvalue weighted by Crippen LogP contribution is 2.36. The van der Waals surface area contributed by atoms with E-state index in [4.69, 9.17) is 4.98 Å². The van der Waals surface area contributed by atoms with Crippen molar-refractivity contribution in [3.05, 3.63) is 64.9 Å². The van der Waals surface area contributed by atoms with Crippen LogP contribution in [-0.4, -0.2) is 22.3 Å². The van der Waals surface area contributed by atoms with Crippen LogP contribution >= 0.6 is 11.3 Å². The van der Waals surface area contributed by atoms with Gasteiger partial charge in [0.15, 0.2) is 0 Å². The molecule has 1 aliphatic rings. The van der Waals surface area contributed by atoms with Gasteiger partial charge in [0.2, 0.25) is 5.91 Å². The predicted octanol–water partition coefficient (Wildman–Crippen LogP) is 4.34. The summed E-state index contributed by atoms with van der Waals surface area (Å²) in [7, 11) is 0. The number of likely N-dealkylation sites (tertiary alicyclic amines) is 1. The van der Waals surface area contributed by atoms with E-state index in [0.29, 0.717) is 12.1 Å². The van der Waals surface area contributed by atoms with Crippen LogP contribution < -0.4 is 0 Å². The van der Waals surface area contributed by atoms with Gasteiger partial charge < -0.3 is 4.90 Å². The molecule has 4 rings (SSSR count). The number of carbonyl (C=O) groups excluding carboxylic acids is 1. The highest BCUT2D eigenvalue weighted by molar-refractivity contribution is 7.18. The summed E-state index contributed by atoms with van der Waals surface area (Å²) in [5.74, 6) is -0.344. The second-order valence-electron chi connectivity index (χ2n) is 6.03. The molecular formula is C19H17FN2OS. The summed E-state index contributed by atoms with van der Waals surface area (Å²) in [4.78, 5) is 19.3. The molecule has 1 aliphatic heterocycles. The van der Waals surface area contributed by atoms with E-state index in [9.17, 15) is 9.18 Å². The van der Waals surface area contributed by atoms with Crippen LogP contribution in [0.5, 0.6) is 0 Å². The quantitative estimate of drug-likeness (QED) is 0.710. The molecule has 2 heterocycles. The number of thiazole rings is 1. The predicted molar refractivity (Wildman–Crippen MR) is 93.4 cm³/mol. The molecule has 24 heavy (non-hydrogen) atoms. The molecule has 0 radical (unpaired) electrons. The Morgan fingerprint density at radius 2 is 2.00 bits per heavy atom. The van der Waals surface area contributed by atoms with Gasteiger partial charge in [0.25, 0.3) is 0 Å². The Balaban J connectivity index is 1.58. The maximum absolute atomic E-state index is 13.8. The smallest absolute Gasteiger partial charge is 0.227 e. The number of rotatable bonds is 3. The van der Waals surface area contributed by atoms with Crippen molar-refractivity contribution in [2.24, 2.45) is 0 Å². The van der Waals surface area contributed by atoms with Crippen molar-refractivity contribution in [2.45, 2.75) is 25.3 Å². The van der Waals surface area contributed by atoms with Crippen molar-refractivity contribution in [2.75, 3.05) is 6.54 Å². The summed E-state index contributed by atoms with van der Waals surface area (Å²) >= 11 is 1.65. The molecule has 1 atom stereocenters. The summed E-state index contributed by atoms with van der Waals surface area (Å²) in [6, 6.07) is 14.5. The van der Waals surface area contributed by atoms with Crippen LogP contribution in [0.15, 0.2) is 48.5 Å². The van der Waals surface area contributed by atoms with Crippen LogP contribution in [0.3, 0.4) is 0 Å². The van der Waals surface area contributed by atoms with Crippen molar-refractivity contribution in [1.82, 2.24) is 9.88 Å². The second kappa shape index (κ2) is 6.32. The topological polar surface area (TPSA) is 33.2 Å². The Morgan fingerprint density at radius 1 is 1.21 bits per heavy atom. The summed E-state index contributed by atoms with van der Waals surface area (Å²) in [5, 5.41) is 0.982. The minimum absolute atomic E-state index is 0.0154. The Hall–Kier alpha value is -2.27. The third-order valence-corrected chi connectivity index (χ3v) is 5.61. The highest BCUT2D eigenvalue weighted by Gasteiger charge is 2.32. The SMILES string of the molecule is O=C(Cc1ccccc1F)N1CCCC1c1nc2ccccc2s1. The summed E-state index contributed by atoms with van der Waals surface area (Å²) in [6.45, 7) is 0.716. The van der Waals surface area contributed by atoms with Gasteiger partial charge >= 0.3 is 0 Å². The molecule has 1 aromatic heterocycles. The van der Waals surface area contributed by atoms with Crippen molar-refractivity contribution in [3.63, 3.8) is 0 Å². The molecule has 0 saturated carbocycles. The molecule has 0 N–H and O–H groups in total. The normalized spacial score (nSPS) is 17.5. The Kier molecular flexibility index (Phi) is 4.02. The summed E-state index contributed by atoms with van der Waals surface area (Å²) < 4.78 is 15.0. The van der Waals surface area contributed by atoms with E-state index >= 15 is 0 Å². The number of amides is 1. The number of halogens is 1. The molecular weight excluding hydrogens is 323 g/mol. The van der Waals surface area contributed by atoms with E-state index in [1.165, 1.54) is 6.07 Å². The lowest BCUT2D eigenvalue weighted by Crippen LogP contribution is -2.32. The average molecular weight is 340 g/mol. The standard InChI is InChI=1S/C19H17FN2OS/c20-14-7-2-1-6-13(14)12-18(23)22-11-5-9-16(22)19-21-15-8-3-4-10-17(15)24-19/h1-4,6-8,10,16H,5,9,11-12H2. The Bertz CT molecular complexity index is 859. The van der Waals surface area contributed by atoms with Crippen molar-refractivity contribution in [3.8, 4) is 0 Å². The monoisotopic (exact) mass is 340 g/mol. The molecule has 1 unspecified atom stereocenters. The zero-order valence-electron chi connectivity index (χ0n) is 13.1. The lowest BCUT2D eigenvalue weighted by Gasteiger charge is -2.23. The minimum Gasteiger partial charge on any atom is -0.333 e. The Morgan fingerprint density at radius 3 is 2.83 bits per heavy atom. The summed E-state index contributed by atoms with van der Waals surface area (Å²) in [5.41, 5.74) is 1.43. The van der Waals surface area contributed by atoms with E-state index in [1.54, 1.807) is 29.5 Å². The number of benzene rings is 2. The number of carbonyl (C=O) groups is 1.